The van der Waals surface area contributed by atoms with Gasteiger partial charge in [-0.15, -0.1) is 0 Å². The van der Waals surface area contributed by atoms with E-state index in [0.717, 1.165) is 16.9 Å². The molecule has 1 atom stereocenters. The number of nitrogen functional groups attached to an aromatic ring is 1. The number of anilines is 4. The van der Waals surface area contributed by atoms with E-state index in [-0.39, 0.29) is 23.6 Å². The number of carboxylic acid groups (broad SMARTS) is 1. The highest BCUT2D eigenvalue weighted by Gasteiger charge is 2.16. The van der Waals surface area contributed by atoms with Crippen molar-refractivity contribution in [1.82, 2.24) is 4.98 Å². The number of hydrogen-bond acceptors (Lipinski definition) is 7. The molecular weight excluding hydrogens is 428 g/mol. The zero-order chi connectivity index (χ0) is 21.7. The van der Waals surface area contributed by atoms with Gasteiger partial charge in [-0.25, -0.2) is 14.0 Å². The summed E-state index contributed by atoms with van der Waals surface area (Å²) in [5.41, 5.74) is 8.10. The van der Waals surface area contributed by atoms with Crippen molar-refractivity contribution in [3.63, 3.8) is 0 Å². The van der Waals surface area contributed by atoms with Crippen molar-refractivity contribution in [2.24, 2.45) is 0 Å². The Morgan fingerprint density at radius 1 is 1.07 bits per heavy atom. The van der Waals surface area contributed by atoms with Crippen LogP contribution in [-0.2, 0) is 17.7 Å². The molecule has 1 unspecified atom stereocenters. The average Bonchev–Trinajstić information content (AvgIpc) is 3.07. The number of Topliss-reactive ketones (excluding diaryl/α,β-unsaturated/α-hetero) is 1. The molecule has 0 amide bonds. The fourth-order valence-corrected chi connectivity index (χ4v) is 3.83. The van der Waals surface area contributed by atoms with E-state index >= 15 is 0 Å². The number of carboxylic acids is 1. The lowest BCUT2D eigenvalue weighted by Crippen LogP contribution is -2.03. The maximum atomic E-state index is 12.5. The fraction of sp³-hybridized carbons (Fsp3) is 0.105. The summed E-state index contributed by atoms with van der Waals surface area (Å²) >= 11 is -1.01. The predicted octanol–water partition coefficient (Wildman–Crippen LogP) is 3.53. The molecule has 0 spiro atoms. The molecule has 3 rings (SSSR count). The predicted molar refractivity (Wildman–Crippen MR) is 117 cm³/mol. The van der Waals surface area contributed by atoms with Crippen LogP contribution in [0.15, 0.2) is 48.5 Å². The lowest BCUT2D eigenvalue weighted by atomic mass is 10.1. The van der Waals surface area contributed by atoms with Crippen molar-refractivity contribution in [2.75, 3.05) is 15.8 Å². The average molecular weight is 447 g/mol. The molecule has 30 heavy (non-hydrogen) atoms. The topological polar surface area (TPSA) is 155 Å². The van der Waals surface area contributed by atoms with E-state index in [0.29, 0.717) is 27.8 Å². The van der Waals surface area contributed by atoms with Gasteiger partial charge in [0.15, 0.2) is 10.9 Å². The van der Waals surface area contributed by atoms with Gasteiger partial charge in [-0.3, -0.25) is 14.1 Å². The van der Waals surface area contributed by atoms with E-state index in [1.165, 1.54) is 12.1 Å². The molecule has 0 aliphatic carbocycles. The third kappa shape index (κ3) is 5.63. The van der Waals surface area contributed by atoms with Gasteiger partial charge in [-0.05, 0) is 48.4 Å². The summed E-state index contributed by atoms with van der Waals surface area (Å²) in [6.07, 6.45) is 0.677. The number of aryl methyl sites for hydroxylation is 1. The van der Waals surface area contributed by atoms with Crippen molar-refractivity contribution in [2.45, 2.75) is 12.8 Å². The first-order valence-corrected chi connectivity index (χ1v) is 10.6. The number of nitrogens with two attached hydrogens (primary N) is 1. The van der Waals surface area contributed by atoms with Crippen LogP contribution in [-0.4, -0.2) is 30.6 Å². The third-order valence-electron chi connectivity index (χ3n) is 4.09. The second-order valence-electron chi connectivity index (χ2n) is 6.21. The lowest BCUT2D eigenvalue weighted by Gasteiger charge is -2.04. The molecule has 156 valence electrons. The van der Waals surface area contributed by atoms with Crippen LogP contribution in [0.1, 0.15) is 32.0 Å². The van der Waals surface area contributed by atoms with Crippen LogP contribution in [0.3, 0.4) is 0 Å². The summed E-state index contributed by atoms with van der Waals surface area (Å²) in [4.78, 5) is 28.0. The van der Waals surface area contributed by atoms with Crippen molar-refractivity contribution < 1.29 is 23.5 Å². The molecule has 1 aromatic heterocycles. The fourth-order valence-electron chi connectivity index (χ4n) is 2.62. The maximum Gasteiger partial charge on any atom is 0.335 e. The number of aromatic nitrogens is 1. The number of carbonyl (C=O) groups excluding carboxylic acids is 1. The monoisotopic (exact) mass is 446 g/mol. The SMILES string of the molecule is Nc1nc(Nc2ccc(NS(=O)O)cc2)sc1C(=O)CCc1ccc(C(=O)O)cc1. The smallest absolute Gasteiger partial charge is 0.335 e. The van der Waals surface area contributed by atoms with Crippen LogP contribution in [0.5, 0.6) is 0 Å². The summed E-state index contributed by atoms with van der Waals surface area (Å²) in [6, 6.07) is 13.0. The molecule has 1 heterocycles. The van der Waals surface area contributed by atoms with Crippen LogP contribution in [0, 0.1) is 0 Å². The van der Waals surface area contributed by atoms with Gasteiger partial charge >= 0.3 is 5.97 Å². The molecule has 0 radical (unpaired) electrons. The number of nitrogens with one attached hydrogen (secondary N) is 2. The minimum atomic E-state index is -2.15. The van der Waals surface area contributed by atoms with Crippen LogP contribution in [0.2, 0.25) is 0 Å². The number of benzene rings is 2. The zero-order valence-corrected chi connectivity index (χ0v) is 17.1. The number of nitrogens with zero attached hydrogens (tertiary/aromatic N) is 1. The molecule has 6 N–H and O–H groups in total. The largest absolute Gasteiger partial charge is 0.478 e. The normalized spacial score (nSPS) is 11.6. The zero-order valence-electron chi connectivity index (χ0n) is 15.5. The van der Waals surface area contributed by atoms with Gasteiger partial charge in [0.1, 0.15) is 10.7 Å². The molecule has 9 nitrogen and oxygen atoms in total. The number of aromatic carboxylic acids is 1. The third-order valence-corrected chi connectivity index (χ3v) is 5.53. The lowest BCUT2D eigenvalue weighted by molar-refractivity contribution is 0.0696. The van der Waals surface area contributed by atoms with Crippen LogP contribution >= 0.6 is 11.3 Å². The number of rotatable bonds is 9. The second kappa shape index (κ2) is 9.48. The molecule has 0 aliphatic rings. The van der Waals surface area contributed by atoms with Gasteiger partial charge in [0.25, 0.3) is 11.3 Å². The van der Waals surface area contributed by atoms with Crippen molar-refractivity contribution in [1.29, 1.82) is 0 Å². The van der Waals surface area contributed by atoms with Gasteiger partial charge < -0.3 is 16.2 Å². The number of hydrogen-bond donors (Lipinski definition) is 5. The van der Waals surface area contributed by atoms with E-state index in [9.17, 15) is 13.8 Å². The van der Waals surface area contributed by atoms with Gasteiger partial charge in [0.2, 0.25) is 0 Å². The highest BCUT2D eigenvalue weighted by molar-refractivity contribution is 7.80. The Balaban J connectivity index is 1.61. The minimum Gasteiger partial charge on any atom is -0.478 e. The van der Waals surface area contributed by atoms with E-state index in [2.05, 4.69) is 15.0 Å². The summed E-state index contributed by atoms with van der Waals surface area (Å²) in [5.74, 6) is -1.00. The maximum absolute atomic E-state index is 12.5. The Kier molecular flexibility index (Phi) is 6.77. The first-order chi connectivity index (χ1) is 14.3. The van der Waals surface area contributed by atoms with Gasteiger partial charge in [-0.1, -0.05) is 23.5 Å². The van der Waals surface area contributed by atoms with Crippen molar-refractivity contribution in [3.05, 3.63) is 64.5 Å². The summed E-state index contributed by atoms with van der Waals surface area (Å²) < 4.78 is 21.9. The molecule has 0 saturated heterocycles. The highest BCUT2D eigenvalue weighted by Crippen LogP contribution is 2.29. The van der Waals surface area contributed by atoms with Crippen LogP contribution in [0.4, 0.5) is 22.3 Å². The molecule has 2 aromatic carbocycles. The van der Waals surface area contributed by atoms with Gasteiger partial charge in [0, 0.05) is 17.8 Å². The Morgan fingerprint density at radius 2 is 1.70 bits per heavy atom. The number of ketones is 1. The molecule has 0 fully saturated rings. The Morgan fingerprint density at radius 3 is 2.30 bits per heavy atom. The standard InChI is InChI=1S/C19H18N4O5S2/c20-17-16(15(24)10-3-11-1-4-12(5-2-11)18(25)26)29-19(22-17)21-13-6-8-14(9-7-13)23-30(27)28/h1-2,4-9,23H,3,10,20H2,(H,21,22)(H,25,26)(H,27,28). The van der Waals surface area contributed by atoms with Crippen LogP contribution < -0.4 is 15.8 Å². The van der Waals surface area contributed by atoms with Crippen molar-refractivity contribution in [3.8, 4) is 0 Å². The van der Waals surface area contributed by atoms with E-state index in [1.807, 2.05) is 0 Å². The molecule has 0 saturated carbocycles. The number of carbonyl (C=O) groups is 2. The molecule has 3 aromatic rings. The summed E-state index contributed by atoms with van der Waals surface area (Å²) in [5, 5.41) is 12.4. The second-order valence-corrected chi connectivity index (χ2v) is 7.91. The molecule has 0 aliphatic heterocycles. The Bertz CT molecular complexity index is 1080. The molecule has 0 bridgehead atoms. The molecule has 11 heteroatoms. The van der Waals surface area contributed by atoms with Crippen molar-refractivity contribution >= 4 is 56.7 Å². The van der Waals surface area contributed by atoms with E-state index < -0.39 is 17.2 Å². The van der Waals surface area contributed by atoms with E-state index in [4.69, 9.17) is 15.4 Å². The highest BCUT2D eigenvalue weighted by atomic mass is 32.2. The first kappa shape index (κ1) is 21.4. The Labute approximate surface area is 178 Å². The van der Waals surface area contributed by atoms with Crippen LogP contribution in [0.25, 0.3) is 0 Å². The summed E-state index contributed by atoms with van der Waals surface area (Å²) in [7, 11) is 0. The number of thiazole rings is 1. The van der Waals surface area contributed by atoms with E-state index in [1.54, 1.807) is 36.4 Å². The quantitative estimate of drug-likeness (QED) is 0.247. The summed E-state index contributed by atoms with van der Waals surface area (Å²) in [6.45, 7) is 0. The minimum absolute atomic E-state index is 0.141. The molecular formula is C19H18N4O5S2. The van der Waals surface area contributed by atoms with Gasteiger partial charge in [-0.2, -0.15) is 0 Å². The first-order valence-electron chi connectivity index (χ1n) is 8.68. The Hall–Kier alpha value is -3.28. The van der Waals surface area contributed by atoms with Gasteiger partial charge in [0.05, 0.1) is 5.56 Å².